The first-order chi connectivity index (χ1) is 5.16. The highest BCUT2D eigenvalue weighted by molar-refractivity contribution is 5.04. The summed E-state index contributed by atoms with van der Waals surface area (Å²) in [7, 11) is 0. The Bertz CT molecular complexity index is 145. The molecule has 0 bridgehead atoms. The Morgan fingerprint density at radius 2 is 1.91 bits per heavy atom. The minimum absolute atomic E-state index is 1.14. The second kappa shape index (κ2) is 6.21. The van der Waals surface area contributed by atoms with Gasteiger partial charge in [-0.3, -0.25) is 0 Å². The number of hydrogen-bond donors (Lipinski definition) is 0. The van der Waals surface area contributed by atoms with Crippen LogP contribution >= 0.6 is 0 Å². The lowest BCUT2D eigenvalue weighted by Gasteiger charge is -1.96. The second-order valence-electron chi connectivity index (χ2n) is 3.05. The van der Waals surface area contributed by atoms with Gasteiger partial charge in [0.15, 0.2) is 0 Å². The van der Waals surface area contributed by atoms with Crippen molar-refractivity contribution < 1.29 is 0 Å². The zero-order valence-corrected chi connectivity index (χ0v) is 7.98. The van der Waals surface area contributed by atoms with Gasteiger partial charge in [-0.2, -0.15) is 0 Å². The average molecular weight is 151 g/mol. The third kappa shape index (κ3) is 7.38. The summed E-state index contributed by atoms with van der Waals surface area (Å²) in [5.74, 6) is 0. The predicted octanol–water partition coefficient (Wildman–Crippen LogP) is 3.90. The fourth-order valence-electron chi connectivity index (χ4n) is 0.997. The molecule has 0 saturated carbocycles. The molecule has 0 heterocycles. The van der Waals surface area contributed by atoms with Gasteiger partial charge in [-0.05, 0) is 40.0 Å². The molecule has 0 aliphatic carbocycles. The van der Waals surface area contributed by atoms with Crippen LogP contribution in [0.25, 0.3) is 0 Å². The molecule has 0 aliphatic heterocycles. The Morgan fingerprint density at radius 1 is 1.27 bits per heavy atom. The van der Waals surface area contributed by atoms with Crippen molar-refractivity contribution in [2.24, 2.45) is 0 Å². The van der Waals surface area contributed by atoms with Crippen LogP contribution in [0.2, 0.25) is 0 Å². The SMILES string of the molecule is [CH2]/C(C)=C/CC/C(C)=C/CC. The zero-order valence-electron chi connectivity index (χ0n) is 7.98. The standard InChI is InChI=1S/C11H19/c1-5-7-11(4)9-6-8-10(2)3/h7-8H,2,5-6,9H2,1,3-4H3/b10-8-,11-7+. The summed E-state index contributed by atoms with van der Waals surface area (Å²) < 4.78 is 0. The Balaban J connectivity index is 3.54. The van der Waals surface area contributed by atoms with Crippen LogP contribution in [0.4, 0.5) is 0 Å². The van der Waals surface area contributed by atoms with Crippen molar-refractivity contribution in [3.8, 4) is 0 Å². The molecule has 0 heteroatoms. The molecule has 0 atom stereocenters. The van der Waals surface area contributed by atoms with Gasteiger partial charge >= 0.3 is 0 Å². The molecule has 0 aromatic rings. The zero-order chi connectivity index (χ0) is 8.69. The molecule has 11 heavy (non-hydrogen) atoms. The fraction of sp³-hybridized carbons (Fsp3) is 0.545. The van der Waals surface area contributed by atoms with Gasteiger partial charge in [-0.15, -0.1) is 0 Å². The summed E-state index contributed by atoms with van der Waals surface area (Å²) in [6.45, 7) is 10.2. The van der Waals surface area contributed by atoms with E-state index in [0.717, 1.165) is 12.8 Å². The maximum absolute atomic E-state index is 3.82. The van der Waals surface area contributed by atoms with Crippen molar-refractivity contribution in [3.63, 3.8) is 0 Å². The van der Waals surface area contributed by atoms with Crippen LogP contribution < -0.4 is 0 Å². The molecule has 0 aromatic heterocycles. The van der Waals surface area contributed by atoms with E-state index in [1.165, 1.54) is 17.6 Å². The first kappa shape index (κ1) is 10.5. The molecule has 0 N–H and O–H groups in total. The average Bonchev–Trinajstić information content (AvgIpc) is 1.87. The van der Waals surface area contributed by atoms with E-state index in [4.69, 9.17) is 0 Å². The molecular weight excluding hydrogens is 132 g/mol. The van der Waals surface area contributed by atoms with Gasteiger partial charge in [0.2, 0.25) is 0 Å². The van der Waals surface area contributed by atoms with Crippen LogP contribution in [0.1, 0.15) is 40.0 Å². The van der Waals surface area contributed by atoms with Gasteiger partial charge in [0.05, 0.1) is 0 Å². The summed E-state index contributed by atoms with van der Waals surface area (Å²) in [6, 6.07) is 0. The monoisotopic (exact) mass is 151 g/mol. The molecule has 0 rings (SSSR count). The van der Waals surface area contributed by atoms with E-state index in [-0.39, 0.29) is 0 Å². The molecule has 0 fully saturated rings. The fourth-order valence-corrected chi connectivity index (χ4v) is 0.997. The van der Waals surface area contributed by atoms with Crippen LogP contribution in [0.3, 0.4) is 0 Å². The molecule has 0 aromatic carbocycles. The topological polar surface area (TPSA) is 0 Å². The number of rotatable bonds is 4. The van der Waals surface area contributed by atoms with Crippen LogP contribution in [0, 0.1) is 6.92 Å². The maximum Gasteiger partial charge on any atom is -0.0286 e. The lowest BCUT2D eigenvalue weighted by Crippen LogP contribution is -1.76. The van der Waals surface area contributed by atoms with Gasteiger partial charge in [0.25, 0.3) is 0 Å². The number of allylic oxidation sites excluding steroid dienone is 4. The van der Waals surface area contributed by atoms with Crippen molar-refractivity contribution in [2.75, 3.05) is 0 Å². The predicted molar refractivity (Wildman–Crippen MR) is 52.4 cm³/mol. The molecule has 0 saturated heterocycles. The summed E-state index contributed by atoms with van der Waals surface area (Å²) in [5.41, 5.74) is 2.67. The van der Waals surface area contributed by atoms with Crippen molar-refractivity contribution in [2.45, 2.75) is 40.0 Å². The highest BCUT2D eigenvalue weighted by Gasteiger charge is 1.86. The van der Waals surface area contributed by atoms with Crippen LogP contribution in [0.5, 0.6) is 0 Å². The lowest BCUT2D eigenvalue weighted by atomic mass is 10.1. The highest BCUT2D eigenvalue weighted by Crippen LogP contribution is 2.06. The van der Waals surface area contributed by atoms with Gasteiger partial charge in [0.1, 0.15) is 0 Å². The van der Waals surface area contributed by atoms with Crippen LogP contribution in [-0.4, -0.2) is 0 Å². The summed E-state index contributed by atoms with van der Waals surface area (Å²) in [4.78, 5) is 0. The Morgan fingerprint density at radius 3 is 2.36 bits per heavy atom. The van der Waals surface area contributed by atoms with E-state index in [1.807, 2.05) is 6.92 Å². The Labute approximate surface area is 71.0 Å². The largest absolute Gasteiger partial charge is 0.0859 e. The maximum atomic E-state index is 3.82. The van der Waals surface area contributed by atoms with Crippen molar-refractivity contribution in [1.29, 1.82) is 0 Å². The summed E-state index contributed by atoms with van der Waals surface area (Å²) in [6.07, 6.45) is 7.94. The Kier molecular flexibility index (Phi) is 5.91. The van der Waals surface area contributed by atoms with Gasteiger partial charge < -0.3 is 0 Å². The highest BCUT2D eigenvalue weighted by atomic mass is 13.9. The Hall–Kier alpha value is -0.520. The smallest absolute Gasteiger partial charge is 0.0286 e. The molecule has 0 amide bonds. The van der Waals surface area contributed by atoms with E-state index in [1.54, 1.807) is 0 Å². The van der Waals surface area contributed by atoms with Crippen molar-refractivity contribution in [1.82, 2.24) is 0 Å². The van der Waals surface area contributed by atoms with E-state index in [0.29, 0.717) is 0 Å². The number of hydrogen-bond acceptors (Lipinski definition) is 0. The second-order valence-corrected chi connectivity index (χ2v) is 3.05. The molecule has 0 unspecified atom stereocenters. The molecular formula is C11H19. The van der Waals surface area contributed by atoms with E-state index >= 15 is 0 Å². The quantitative estimate of drug-likeness (QED) is 0.534. The molecule has 0 spiro atoms. The van der Waals surface area contributed by atoms with Crippen LogP contribution in [-0.2, 0) is 0 Å². The van der Waals surface area contributed by atoms with Gasteiger partial charge in [-0.1, -0.05) is 30.2 Å². The third-order valence-corrected chi connectivity index (χ3v) is 1.58. The van der Waals surface area contributed by atoms with Gasteiger partial charge in [-0.25, -0.2) is 0 Å². The first-order valence-electron chi connectivity index (χ1n) is 4.31. The summed E-state index contributed by atoms with van der Waals surface area (Å²) >= 11 is 0. The molecule has 0 nitrogen and oxygen atoms in total. The van der Waals surface area contributed by atoms with E-state index in [2.05, 4.69) is 32.9 Å². The summed E-state index contributed by atoms with van der Waals surface area (Å²) in [5, 5.41) is 0. The lowest BCUT2D eigenvalue weighted by molar-refractivity contribution is 0.955. The molecule has 0 aliphatic rings. The molecule has 1 radical (unpaired) electrons. The normalized spacial score (nSPS) is 13.8. The van der Waals surface area contributed by atoms with Crippen LogP contribution in [0.15, 0.2) is 23.3 Å². The minimum atomic E-state index is 1.14. The minimum Gasteiger partial charge on any atom is -0.0859 e. The van der Waals surface area contributed by atoms with E-state index in [9.17, 15) is 0 Å². The third-order valence-electron chi connectivity index (χ3n) is 1.58. The van der Waals surface area contributed by atoms with Crippen molar-refractivity contribution in [3.05, 3.63) is 30.2 Å². The first-order valence-corrected chi connectivity index (χ1v) is 4.31. The molecule has 63 valence electrons. The van der Waals surface area contributed by atoms with E-state index < -0.39 is 0 Å². The van der Waals surface area contributed by atoms with Crippen molar-refractivity contribution >= 4 is 0 Å². The van der Waals surface area contributed by atoms with Gasteiger partial charge in [0, 0.05) is 0 Å².